The zero-order valence-electron chi connectivity index (χ0n) is 13.5. The van der Waals surface area contributed by atoms with Crippen LogP contribution in [-0.2, 0) is 4.79 Å². The summed E-state index contributed by atoms with van der Waals surface area (Å²) < 4.78 is 5.44. The molecule has 6 heteroatoms. The molecule has 1 aromatic carbocycles. The molecule has 0 bridgehead atoms. The molecule has 0 radical (unpaired) electrons. The first-order valence-electron chi connectivity index (χ1n) is 7.43. The number of benzene rings is 1. The lowest BCUT2D eigenvalue weighted by Crippen LogP contribution is -2.43. The number of aryl methyl sites for hydroxylation is 1. The molecule has 1 heterocycles. The van der Waals surface area contributed by atoms with Gasteiger partial charge in [0, 0.05) is 6.20 Å². The van der Waals surface area contributed by atoms with Crippen molar-refractivity contribution in [2.24, 2.45) is 0 Å². The summed E-state index contributed by atoms with van der Waals surface area (Å²) >= 11 is 0. The first-order valence-corrected chi connectivity index (χ1v) is 7.43. The van der Waals surface area contributed by atoms with Crippen LogP contribution in [0.3, 0.4) is 0 Å². The van der Waals surface area contributed by atoms with E-state index in [0.717, 1.165) is 5.56 Å². The SMILES string of the molecule is Cc1cc(OCC(=O)NNC(=O)c2ccc[nH]2)ccc1C(C)C. The maximum Gasteiger partial charge on any atom is 0.286 e. The summed E-state index contributed by atoms with van der Waals surface area (Å²) in [6.45, 7) is 6.09. The van der Waals surface area contributed by atoms with Gasteiger partial charge >= 0.3 is 0 Å². The number of hydrazine groups is 1. The summed E-state index contributed by atoms with van der Waals surface area (Å²) in [5.41, 5.74) is 7.35. The molecule has 0 aliphatic rings. The van der Waals surface area contributed by atoms with E-state index in [9.17, 15) is 9.59 Å². The van der Waals surface area contributed by atoms with E-state index in [4.69, 9.17) is 4.74 Å². The van der Waals surface area contributed by atoms with Crippen LogP contribution < -0.4 is 15.6 Å². The number of hydrogen-bond acceptors (Lipinski definition) is 3. The van der Waals surface area contributed by atoms with Gasteiger partial charge in [-0.3, -0.25) is 20.4 Å². The Morgan fingerprint density at radius 2 is 2.00 bits per heavy atom. The average Bonchev–Trinajstić information content (AvgIpc) is 3.04. The molecule has 1 aromatic heterocycles. The van der Waals surface area contributed by atoms with Gasteiger partial charge in [-0.05, 0) is 48.2 Å². The fourth-order valence-corrected chi connectivity index (χ4v) is 2.24. The van der Waals surface area contributed by atoms with Gasteiger partial charge in [0.2, 0.25) is 0 Å². The predicted molar refractivity (Wildman–Crippen MR) is 87.2 cm³/mol. The third kappa shape index (κ3) is 4.60. The smallest absolute Gasteiger partial charge is 0.286 e. The van der Waals surface area contributed by atoms with Gasteiger partial charge in [-0.1, -0.05) is 19.9 Å². The lowest BCUT2D eigenvalue weighted by molar-refractivity contribution is -0.123. The lowest BCUT2D eigenvalue weighted by Gasteiger charge is -2.12. The highest BCUT2D eigenvalue weighted by molar-refractivity contribution is 5.93. The van der Waals surface area contributed by atoms with Crippen LogP contribution >= 0.6 is 0 Å². The molecule has 23 heavy (non-hydrogen) atoms. The summed E-state index contributed by atoms with van der Waals surface area (Å²) in [5.74, 6) is 0.212. The molecule has 0 saturated carbocycles. The molecule has 2 rings (SSSR count). The fraction of sp³-hybridized carbons (Fsp3) is 0.294. The average molecular weight is 315 g/mol. The zero-order chi connectivity index (χ0) is 16.8. The van der Waals surface area contributed by atoms with E-state index in [2.05, 4.69) is 29.7 Å². The summed E-state index contributed by atoms with van der Waals surface area (Å²) in [6.07, 6.45) is 1.63. The van der Waals surface area contributed by atoms with Gasteiger partial charge in [-0.15, -0.1) is 0 Å². The maximum atomic E-state index is 11.7. The minimum absolute atomic E-state index is 0.175. The first kappa shape index (κ1) is 16.6. The van der Waals surface area contributed by atoms with Gasteiger partial charge in [0.15, 0.2) is 6.61 Å². The zero-order valence-corrected chi connectivity index (χ0v) is 13.5. The molecule has 3 N–H and O–H groups in total. The molecule has 0 atom stereocenters. The Balaban J connectivity index is 1.80. The first-order chi connectivity index (χ1) is 11.0. The maximum absolute atomic E-state index is 11.7. The van der Waals surface area contributed by atoms with Crippen molar-refractivity contribution in [1.82, 2.24) is 15.8 Å². The van der Waals surface area contributed by atoms with Gasteiger partial charge in [0.25, 0.3) is 11.8 Å². The topological polar surface area (TPSA) is 83.2 Å². The normalized spacial score (nSPS) is 10.4. The Hall–Kier alpha value is -2.76. The Labute approximate surface area is 135 Å². The van der Waals surface area contributed by atoms with Gasteiger partial charge < -0.3 is 9.72 Å². The Morgan fingerprint density at radius 3 is 2.61 bits per heavy atom. The second-order valence-corrected chi connectivity index (χ2v) is 5.55. The van der Waals surface area contributed by atoms with E-state index in [0.29, 0.717) is 17.4 Å². The summed E-state index contributed by atoms with van der Waals surface area (Å²) in [6, 6.07) is 9.05. The second-order valence-electron chi connectivity index (χ2n) is 5.55. The van der Waals surface area contributed by atoms with Crippen molar-refractivity contribution in [3.63, 3.8) is 0 Å². The van der Waals surface area contributed by atoms with Crippen molar-refractivity contribution in [3.05, 3.63) is 53.3 Å². The molecule has 2 aromatic rings. The molecule has 0 aliphatic carbocycles. The number of carbonyl (C=O) groups excluding carboxylic acids is 2. The van der Waals surface area contributed by atoms with Crippen LogP contribution in [0.1, 0.15) is 41.4 Å². The number of aromatic nitrogens is 1. The molecule has 0 saturated heterocycles. The molecular weight excluding hydrogens is 294 g/mol. The van der Waals surface area contributed by atoms with E-state index >= 15 is 0 Å². The minimum Gasteiger partial charge on any atom is -0.484 e. The van der Waals surface area contributed by atoms with Gasteiger partial charge in [-0.2, -0.15) is 0 Å². The van der Waals surface area contributed by atoms with E-state index in [1.807, 2.05) is 25.1 Å². The van der Waals surface area contributed by atoms with Crippen molar-refractivity contribution < 1.29 is 14.3 Å². The van der Waals surface area contributed by atoms with E-state index in [1.165, 1.54) is 5.56 Å². The third-order valence-electron chi connectivity index (χ3n) is 3.39. The van der Waals surface area contributed by atoms with Crippen LogP contribution in [0.2, 0.25) is 0 Å². The molecule has 2 amide bonds. The molecule has 6 nitrogen and oxygen atoms in total. The number of aromatic amines is 1. The van der Waals surface area contributed by atoms with Crippen molar-refractivity contribution in [2.75, 3.05) is 6.61 Å². The van der Waals surface area contributed by atoms with E-state index in [-0.39, 0.29) is 6.61 Å². The van der Waals surface area contributed by atoms with Gasteiger partial charge in [0.1, 0.15) is 11.4 Å². The Kier molecular flexibility index (Phi) is 5.41. The van der Waals surface area contributed by atoms with Crippen molar-refractivity contribution in [3.8, 4) is 5.75 Å². The lowest BCUT2D eigenvalue weighted by atomic mass is 9.98. The van der Waals surface area contributed by atoms with Crippen LogP contribution in [0.25, 0.3) is 0 Å². The summed E-state index contributed by atoms with van der Waals surface area (Å²) in [5, 5.41) is 0. The highest BCUT2D eigenvalue weighted by Gasteiger charge is 2.09. The van der Waals surface area contributed by atoms with Crippen LogP contribution in [-0.4, -0.2) is 23.4 Å². The van der Waals surface area contributed by atoms with Crippen LogP contribution in [0, 0.1) is 6.92 Å². The number of H-pyrrole nitrogens is 1. The number of nitrogens with one attached hydrogen (secondary N) is 3. The number of ether oxygens (including phenoxy) is 1. The quantitative estimate of drug-likeness (QED) is 0.740. The molecule has 122 valence electrons. The second kappa shape index (κ2) is 7.49. The highest BCUT2D eigenvalue weighted by Crippen LogP contribution is 2.23. The fourth-order valence-electron chi connectivity index (χ4n) is 2.24. The molecule has 0 fully saturated rings. The predicted octanol–water partition coefficient (Wildman–Crippen LogP) is 2.29. The summed E-state index contributed by atoms with van der Waals surface area (Å²) in [4.78, 5) is 26.1. The highest BCUT2D eigenvalue weighted by atomic mass is 16.5. The molecule has 0 aliphatic heterocycles. The number of amides is 2. The third-order valence-corrected chi connectivity index (χ3v) is 3.39. The van der Waals surface area contributed by atoms with Crippen molar-refractivity contribution >= 4 is 11.8 Å². The largest absolute Gasteiger partial charge is 0.484 e. The van der Waals surface area contributed by atoms with Gasteiger partial charge in [-0.25, -0.2) is 0 Å². The van der Waals surface area contributed by atoms with Crippen LogP contribution in [0.4, 0.5) is 0 Å². The number of carbonyl (C=O) groups is 2. The monoisotopic (exact) mass is 315 g/mol. The van der Waals surface area contributed by atoms with Crippen molar-refractivity contribution in [2.45, 2.75) is 26.7 Å². The van der Waals surface area contributed by atoms with Crippen LogP contribution in [0.5, 0.6) is 5.75 Å². The van der Waals surface area contributed by atoms with Gasteiger partial charge in [0.05, 0.1) is 0 Å². The molecule has 0 spiro atoms. The van der Waals surface area contributed by atoms with E-state index in [1.54, 1.807) is 18.3 Å². The van der Waals surface area contributed by atoms with Crippen LogP contribution in [0.15, 0.2) is 36.5 Å². The number of rotatable bonds is 5. The summed E-state index contributed by atoms with van der Waals surface area (Å²) in [7, 11) is 0. The minimum atomic E-state index is -0.435. The standard InChI is InChI=1S/C17H21N3O3/c1-11(2)14-7-6-13(9-12(14)3)23-10-16(21)19-20-17(22)15-5-4-8-18-15/h4-9,11,18H,10H2,1-3H3,(H,19,21)(H,20,22). The van der Waals surface area contributed by atoms with Crippen molar-refractivity contribution in [1.29, 1.82) is 0 Å². The Bertz CT molecular complexity index is 678. The molecular formula is C17H21N3O3. The van der Waals surface area contributed by atoms with E-state index < -0.39 is 11.8 Å². The number of hydrogen-bond donors (Lipinski definition) is 3. The molecule has 0 unspecified atom stereocenters. The Morgan fingerprint density at radius 1 is 1.22 bits per heavy atom.